The molecule has 1 spiro atoms. The number of ketones is 1. The maximum Gasteiger partial charge on any atom is 0.174 e. The maximum atomic E-state index is 12.9. The number of likely N-dealkylation sites (N-methyl/N-ethyl adjacent to an activating group) is 1. The number of piperidine rings is 1. The largest absolute Gasteiger partial charge is 0.493 e. The van der Waals surface area contributed by atoms with Crippen molar-refractivity contribution in [1.29, 1.82) is 0 Å². The summed E-state index contributed by atoms with van der Waals surface area (Å²) in [6.07, 6.45) is -1.32. The number of rotatable bonds is 1. The average molecular weight is 305 g/mol. The van der Waals surface area contributed by atoms with E-state index in [1.165, 1.54) is 6.07 Å². The van der Waals surface area contributed by atoms with E-state index in [0.717, 1.165) is 5.56 Å². The smallest absolute Gasteiger partial charge is 0.174 e. The van der Waals surface area contributed by atoms with Gasteiger partial charge in [0, 0.05) is 26.2 Å². The van der Waals surface area contributed by atoms with Crippen molar-refractivity contribution in [2.75, 3.05) is 20.6 Å². The van der Waals surface area contributed by atoms with E-state index >= 15 is 0 Å². The first-order valence-corrected chi connectivity index (χ1v) is 7.69. The fraction of sp³-hybridized carbons (Fsp3) is 0.611. The van der Waals surface area contributed by atoms with Crippen molar-refractivity contribution in [3.63, 3.8) is 0 Å². The highest BCUT2D eigenvalue weighted by Crippen LogP contribution is 2.62. The minimum Gasteiger partial charge on any atom is -0.493 e. The van der Waals surface area contributed by atoms with Gasteiger partial charge in [0.15, 0.2) is 23.4 Å². The Kier molecular flexibility index (Phi) is 1.53. The summed E-state index contributed by atoms with van der Waals surface area (Å²) in [5.74, 6) is -1.81. The van der Waals surface area contributed by atoms with Gasteiger partial charge in [-0.15, -0.1) is 0 Å². The molecule has 1 saturated carbocycles. The van der Waals surface area contributed by atoms with Crippen molar-refractivity contribution in [2.45, 2.75) is 43.2 Å². The molecule has 0 N–H and O–H groups in total. The molecule has 22 heavy (non-hydrogen) atoms. The Labute approximate surface area is 138 Å². The van der Waals surface area contributed by atoms with Crippen LogP contribution in [0, 0.1) is 5.89 Å². The summed E-state index contributed by atoms with van der Waals surface area (Å²) in [5, 5.41) is 0. The van der Waals surface area contributed by atoms with Gasteiger partial charge in [-0.1, -0.05) is 6.07 Å². The molecule has 2 bridgehead atoms. The molecule has 4 aliphatic rings. The van der Waals surface area contributed by atoms with Crippen LogP contribution in [-0.2, 0) is 16.6 Å². The van der Waals surface area contributed by atoms with Gasteiger partial charge in [0.25, 0.3) is 0 Å². The summed E-state index contributed by atoms with van der Waals surface area (Å²) < 4.78 is 61.1. The minimum atomic E-state index is -2.71. The number of likely N-dealkylation sites (tertiary alicyclic amines) is 1. The molecule has 2 aliphatic heterocycles. The lowest BCUT2D eigenvalue weighted by Crippen LogP contribution is -2.65. The van der Waals surface area contributed by atoms with Gasteiger partial charge in [-0.25, -0.2) is 0 Å². The Morgan fingerprint density at radius 1 is 1.55 bits per heavy atom. The molecule has 4 atom stereocenters. The molecule has 2 heterocycles. The van der Waals surface area contributed by atoms with Gasteiger partial charge in [-0.3, -0.25) is 4.79 Å². The average Bonchev–Trinajstić information content (AvgIpc) is 2.87. The summed E-state index contributed by atoms with van der Waals surface area (Å²) >= 11 is 0. The van der Waals surface area contributed by atoms with E-state index < -0.39 is 36.2 Å². The molecular weight excluding hydrogens is 278 g/mol. The van der Waals surface area contributed by atoms with Crippen LogP contribution in [0.3, 0.4) is 0 Å². The van der Waals surface area contributed by atoms with E-state index in [-0.39, 0.29) is 30.8 Å². The Morgan fingerprint density at radius 2 is 2.45 bits per heavy atom. The van der Waals surface area contributed by atoms with Crippen LogP contribution >= 0.6 is 0 Å². The van der Waals surface area contributed by atoms with Crippen LogP contribution in [-0.4, -0.2) is 43.4 Å². The van der Waals surface area contributed by atoms with Gasteiger partial charge in [0.1, 0.15) is 0 Å². The first-order chi connectivity index (χ1) is 12.9. The van der Waals surface area contributed by atoms with Crippen LogP contribution in [0.15, 0.2) is 12.1 Å². The van der Waals surface area contributed by atoms with Crippen molar-refractivity contribution in [3.05, 3.63) is 23.3 Å². The number of nitrogens with zero attached hydrogens (tertiary/aromatic N) is 1. The number of hydrogen-bond donors (Lipinski definition) is 0. The first kappa shape index (κ1) is 8.34. The molecule has 2 aliphatic carbocycles. The number of hydrogen-bond acceptors (Lipinski definition) is 4. The van der Waals surface area contributed by atoms with Gasteiger partial charge in [-0.05, 0) is 50.4 Å². The van der Waals surface area contributed by atoms with E-state index in [4.69, 9.17) is 15.0 Å². The Hall–Kier alpha value is -1.55. The van der Waals surface area contributed by atoms with Crippen molar-refractivity contribution in [1.82, 2.24) is 4.90 Å². The maximum absolute atomic E-state index is 12.9. The molecule has 1 aromatic carbocycles. The third kappa shape index (κ3) is 1.27. The first-order valence-electron chi connectivity index (χ1n) is 10.7. The minimum absolute atomic E-state index is 0.0119. The van der Waals surface area contributed by atoms with Crippen LogP contribution in [0.25, 0.3) is 0 Å². The SMILES string of the molecule is [2H]C([2H])([2H])Oc1ccc2c3c1OC1([2H])C(=O)CC[C@@]4([2H])[C@@]([2H])(C2)N(C)CC[C@]314. The highest BCUT2D eigenvalue weighted by Gasteiger charge is 2.65. The van der Waals surface area contributed by atoms with Crippen LogP contribution in [0.5, 0.6) is 11.5 Å². The van der Waals surface area contributed by atoms with Crippen LogP contribution in [0.1, 0.15) is 38.6 Å². The second-order valence-corrected chi connectivity index (χ2v) is 6.56. The van der Waals surface area contributed by atoms with Crippen LogP contribution in [0.2, 0.25) is 0 Å². The molecule has 0 aromatic heterocycles. The molecular formula is C18H21NO3. The number of ether oxygens (including phenoxy) is 2. The van der Waals surface area contributed by atoms with Crippen LogP contribution < -0.4 is 9.47 Å². The van der Waals surface area contributed by atoms with E-state index in [1.54, 1.807) is 6.07 Å². The summed E-state index contributed by atoms with van der Waals surface area (Å²) in [6.45, 7) is 0.449. The summed E-state index contributed by atoms with van der Waals surface area (Å²) in [4.78, 5) is 14.8. The molecule has 116 valence electrons. The number of carbonyl (C=O) groups excluding carboxylic acids is 1. The van der Waals surface area contributed by atoms with Crippen molar-refractivity contribution < 1.29 is 22.5 Å². The fourth-order valence-corrected chi connectivity index (χ4v) is 4.76. The molecule has 0 radical (unpaired) electrons. The van der Waals surface area contributed by atoms with Crippen LogP contribution in [0.4, 0.5) is 0 Å². The molecule has 2 fully saturated rings. The van der Waals surface area contributed by atoms with E-state index in [9.17, 15) is 7.54 Å². The highest BCUT2D eigenvalue weighted by molar-refractivity contribution is 5.89. The standard InChI is InChI=1S/C18H21NO3/c1-19-8-7-18-11-4-5-13(20)17(18)22-16-14(21-2)6-3-10(15(16)18)9-12(11)19/h3,6,11-12,17H,4-5,7-9H2,1-2H3/t11-,12+,17?,18-/m0/s1/i2D3,11D,12D,17D. The van der Waals surface area contributed by atoms with Crippen molar-refractivity contribution in [3.8, 4) is 11.5 Å². The second-order valence-electron chi connectivity index (χ2n) is 6.56. The highest BCUT2D eigenvalue weighted by atomic mass is 16.5. The predicted molar refractivity (Wildman–Crippen MR) is 81.6 cm³/mol. The lowest BCUT2D eigenvalue weighted by Gasteiger charge is -2.57. The molecule has 4 nitrogen and oxygen atoms in total. The quantitative estimate of drug-likeness (QED) is 0.795. The number of benzene rings is 1. The fourth-order valence-electron chi connectivity index (χ4n) is 4.76. The van der Waals surface area contributed by atoms with E-state index in [1.807, 2.05) is 11.9 Å². The summed E-state index contributed by atoms with van der Waals surface area (Å²) in [5.41, 5.74) is -0.0647. The molecule has 1 saturated heterocycles. The third-order valence-corrected chi connectivity index (χ3v) is 5.70. The summed E-state index contributed by atoms with van der Waals surface area (Å²) in [6, 6.07) is 1.86. The van der Waals surface area contributed by atoms with Gasteiger partial charge >= 0.3 is 0 Å². The van der Waals surface area contributed by atoms with Gasteiger partial charge < -0.3 is 14.4 Å². The normalized spacial score (nSPS) is 53.0. The summed E-state index contributed by atoms with van der Waals surface area (Å²) in [7, 11) is -0.899. The van der Waals surface area contributed by atoms with Crippen molar-refractivity contribution >= 4 is 5.78 Å². The van der Waals surface area contributed by atoms with Gasteiger partial charge in [-0.2, -0.15) is 0 Å². The number of methoxy groups -OCH3 is 1. The van der Waals surface area contributed by atoms with Crippen molar-refractivity contribution in [2.24, 2.45) is 5.89 Å². The lowest BCUT2D eigenvalue weighted by atomic mass is 9.52. The lowest BCUT2D eigenvalue weighted by molar-refractivity contribution is -0.138. The number of Topliss-reactive ketones (excluding diaryl/α,β-unsaturated/α-hetero) is 1. The molecule has 4 heteroatoms. The predicted octanol–water partition coefficient (Wildman–Crippen LogP) is 1.93. The molecule has 1 aromatic rings. The monoisotopic (exact) mass is 305 g/mol. The zero-order valence-electron chi connectivity index (χ0n) is 18.4. The Morgan fingerprint density at radius 3 is 3.32 bits per heavy atom. The molecule has 5 rings (SSSR count). The van der Waals surface area contributed by atoms with E-state index in [0.29, 0.717) is 18.5 Å². The second kappa shape index (κ2) is 4.05. The topological polar surface area (TPSA) is 38.8 Å². The Bertz CT molecular complexity index is 921. The molecule has 1 unspecified atom stereocenters. The Balaban J connectivity index is 1.85. The van der Waals surface area contributed by atoms with Gasteiger partial charge in [0.2, 0.25) is 0 Å². The third-order valence-electron chi connectivity index (χ3n) is 5.70. The van der Waals surface area contributed by atoms with E-state index in [2.05, 4.69) is 0 Å². The zero-order chi connectivity index (χ0) is 20.3. The number of carbonyl (C=O) groups is 1. The van der Waals surface area contributed by atoms with Gasteiger partial charge in [0.05, 0.1) is 12.5 Å². The molecule has 0 amide bonds. The zero-order valence-corrected chi connectivity index (χ0v) is 12.4.